The number of amides is 5. The number of fused-ring (bicyclic) bond motifs is 2. The highest BCUT2D eigenvalue weighted by molar-refractivity contribution is 8.93. The van der Waals surface area contributed by atoms with Gasteiger partial charge in [0.2, 0.25) is 29.0 Å². The number of carbonyl (C=O) groups is 6. The number of alkyl halides is 4. The zero-order valence-electron chi connectivity index (χ0n) is 56.7. The summed E-state index contributed by atoms with van der Waals surface area (Å²) in [6, 6.07) is 27.4. The van der Waals surface area contributed by atoms with E-state index in [0.717, 1.165) is 126 Å². The lowest BCUT2D eigenvalue weighted by Crippen LogP contribution is -2.48. The number of likely N-dealkylation sites (tertiary alicyclic amines) is 2. The maximum Gasteiger partial charge on any atom is 0.410 e. The van der Waals surface area contributed by atoms with Crippen molar-refractivity contribution in [1.29, 1.82) is 0 Å². The second kappa shape index (κ2) is 32.2. The summed E-state index contributed by atoms with van der Waals surface area (Å²) in [4.78, 5) is 88.9. The average Bonchev–Trinajstić information content (AvgIpc) is 1.54. The van der Waals surface area contributed by atoms with Crippen LogP contribution in [0.4, 0.5) is 34.3 Å². The van der Waals surface area contributed by atoms with Gasteiger partial charge in [-0.05, 0) is 182 Å². The number of benzene rings is 3. The molecule has 2 atom stereocenters. The van der Waals surface area contributed by atoms with Gasteiger partial charge in [-0.15, -0.1) is 39.7 Å². The van der Waals surface area contributed by atoms with Gasteiger partial charge in [-0.1, -0.05) is 104 Å². The van der Waals surface area contributed by atoms with Crippen LogP contribution in [0, 0.1) is 21.7 Å². The molecule has 2 saturated heterocycles. The monoisotopic (exact) mass is 1470 g/mol. The van der Waals surface area contributed by atoms with Crippen molar-refractivity contribution in [3.05, 3.63) is 165 Å². The van der Waals surface area contributed by atoms with Crippen LogP contribution in [0.25, 0.3) is 22.1 Å². The van der Waals surface area contributed by atoms with Crippen LogP contribution in [0.5, 0.6) is 0 Å². The fourth-order valence-corrected chi connectivity index (χ4v) is 14.6. The Morgan fingerprint density at radius 2 is 1.06 bits per heavy atom. The van der Waals surface area contributed by atoms with Crippen LogP contribution in [0.1, 0.15) is 177 Å². The molecule has 2 aliphatic heterocycles. The molecule has 4 aromatic heterocycles. The van der Waals surface area contributed by atoms with Crippen molar-refractivity contribution >= 4 is 120 Å². The minimum atomic E-state index is -2.66. The number of imidazole rings is 2. The van der Waals surface area contributed by atoms with E-state index in [1.54, 1.807) is 4.90 Å². The second-order valence-corrected chi connectivity index (χ2v) is 30.6. The lowest BCUT2D eigenvalue weighted by atomic mass is 9.60. The van der Waals surface area contributed by atoms with Crippen molar-refractivity contribution in [2.45, 2.75) is 163 Å². The highest BCUT2D eigenvalue weighted by Crippen LogP contribution is 2.57. The van der Waals surface area contributed by atoms with Crippen LogP contribution in [0.15, 0.2) is 129 Å². The van der Waals surface area contributed by atoms with Crippen molar-refractivity contribution < 1.29 is 51.1 Å². The van der Waals surface area contributed by atoms with E-state index in [2.05, 4.69) is 111 Å². The first-order valence-corrected chi connectivity index (χ1v) is 34.7. The maximum atomic E-state index is 13.6. The molecule has 2 spiro atoms. The van der Waals surface area contributed by atoms with Gasteiger partial charge in [-0.3, -0.25) is 34.6 Å². The molecule has 0 radical (unpaired) electrons. The van der Waals surface area contributed by atoms with E-state index >= 15 is 0 Å². The number of piperidine rings is 2. The lowest BCUT2D eigenvalue weighted by molar-refractivity contribution is -0.130. The highest BCUT2D eigenvalue weighted by atomic mass is 79.9. The molecule has 98 heavy (non-hydrogen) atoms. The Morgan fingerprint density at radius 1 is 0.633 bits per heavy atom. The molecule has 11 rings (SSSR count). The van der Waals surface area contributed by atoms with Crippen LogP contribution in [0.3, 0.4) is 0 Å². The Labute approximate surface area is 593 Å². The molecular weight excluding hydrogens is 1380 g/mol. The fraction of sp³-hybridized carbons (Fsp3) is 0.452. The number of ether oxygens (including phenoxy) is 1. The third-order valence-corrected chi connectivity index (χ3v) is 22.0. The minimum Gasteiger partial charge on any atom is -0.445 e. The summed E-state index contributed by atoms with van der Waals surface area (Å²) in [5.41, 5.74) is 6.20. The summed E-state index contributed by atoms with van der Waals surface area (Å²) < 4.78 is 62.8. The Bertz CT molecular complexity index is 4020. The van der Waals surface area contributed by atoms with Gasteiger partial charge in [-0.25, -0.2) is 32.3 Å². The number of halogens is 6. The molecule has 0 bridgehead atoms. The molecule has 3 aromatic carbocycles. The number of nitrogens with one attached hydrogen (secondary N) is 3. The number of allylic oxidation sites excluding steroid dienone is 1. The second-order valence-electron chi connectivity index (χ2n) is 28.0. The summed E-state index contributed by atoms with van der Waals surface area (Å²) in [5.74, 6) is -0.229. The third kappa shape index (κ3) is 18.3. The summed E-state index contributed by atoms with van der Waals surface area (Å²) in [6.07, 6.45) is 5.30. The number of rotatable bonds is 19. The number of nitrogens with zero attached hydrogens (tertiary/aromatic N) is 7. The van der Waals surface area contributed by atoms with E-state index in [-0.39, 0.29) is 101 Å². The molecule has 4 fully saturated rings. The largest absolute Gasteiger partial charge is 0.445 e. The number of aromatic nitrogens is 4. The van der Waals surface area contributed by atoms with Crippen molar-refractivity contribution in [2.75, 3.05) is 36.8 Å². The highest BCUT2D eigenvalue weighted by Gasteiger charge is 2.49. The Balaban J connectivity index is 0.000000236. The van der Waals surface area contributed by atoms with Crippen LogP contribution >= 0.6 is 51.3 Å². The van der Waals surface area contributed by atoms with Gasteiger partial charge < -0.3 is 33.9 Å². The number of anilines is 2. The molecule has 25 heteroatoms. The smallest absolute Gasteiger partial charge is 0.410 e. The van der Waals surface area contributed by atoms with Crippen LogP contribution in [0.2, 0.25) is 0 Å². The molecule has 0 unspecified atom stereocenters. The van der Waals surface area contributed by atoms with E-state index in [4.69, 9.17) is 26.3 Å². The summed E-state index contributed by atoms with van der Waals surface area (Å²) in [5, 5.41) is 8.93. The number of hydrogen-bond acceptors (Lipinski definition) is 12. The van der Waals surface area contributed by atoms with Crippen LogP contribution in [-0.4, -0.2) is 107 Å². The molecule has 526 valence electrons. The fourth-order valence-electron chi connectivity index (χ4n) is 13.0. The van der Waals surface area contributed by atoms with E-state index in [1.807, 2.05) is 65.3 Å². The van der Waals surface area contributed by atoms with Gasteiger partial charge in [0.25, 0.3) is 24.7 Å². The molecule has 7 aromatic rings. The standard InChI is InChI=1S/C39H45F2N5O4S.C31H39F2N5O2S.C3H3ClO.BrH/c1-6-33(47)44-18-16-39(17-19-44)21-28(22-39)46-30-13-12-27(20-29(30)42-36(46)43-35(48)32-15-14-31(51-32)34(40)41)23-45(25(2)38(3,4)5)37(49)50-24-26-10-8-7-9-11-26;1-6-26(39)37-13-11-31(12-14-37)16-21(17-31)38-23-8-7-20(18-34-19(2)30(3,4)5)15-22(23)35-29(38)36-28(40)25-10-9-24(41-25)27(32)33;1-2-3(4)5;/h6-15,20,25,28,34H,1,16-19,21-24H2,2-5H3,(H,42,43,48);6-10,15,19,21,27,34H,1,11-14,16-18H2,2-5H3,(H,35,36,40);2H,1H2;1H/t25-;19-;;/m00../s1. The predicted molar refractivity (Wildman–Crippen MR) is 386 cm³/mol. The summed E-state index contributed by atoms with van der Waals surface area (Å²) in [7, 11) is 0. The Morgan fingerprint density at radius 3 is 1.45 bits per heavy atom. The topological polar surface area (TPSA) is 193 Å². The molecular formula is C73H88BrClF4N10O7S2. The SMILES string of the molecule is Br.C=CC(=O)Cl.C=CC(=O)N1CCC2(CC1)CC(n1c(NC(=O)c3ccc(C(F)F)s3)nc3cc(CN(C(=O)OCc4ccccc4)[C@@H](C)C(C)(C)C)ccc31)C2.C=CC(=O)N1CCC2(CC1)CC(n1c(NC(=O)c3ccc(C(F)F)s3)nc3cc(CN[C@@H](C)C(C)(C)C)ccc31)C2. The maximum absolute atomic E-state index is 13.6. The van der Waals surface area contributed by atoms with Gasteiger partial charge in [0.05, 0.1) is 41.6 Å². The minimum absolute atomic E-state index is 0. The molecule has 2 saturated carbocycles. The van der Waals surface area contributed by atoms with E-state index in [1.165, 1.54) is 36.4 Å². The average molecular weight is 1470 g/mol. The first-order chi connectivity index (χ1) is 45.9. The molecule has 17 nitrogen and oxygen atoms in total. The molecule has 2 aliphatic carbocycles. The predicted octanol–water partition coefficient (Wildman–Crippen LogP) is 17.4. The van der Waals surface area contributed by atoms with Gasteiger partial charge in [0.15, 0.2) is 0 Å². The van der Waals surface area contributed by atoms with E-state index in [9.17, 15) is 46.3 Å². The third-order valence-electron chi connectivity index (χ3n) is 19.7. The van der Waals surface area contributed by atoms with Crippen molar-refractivity contribution in [3.63, 3.8) is 0 Å². The quantitative estimate of drug-likeness (QED) is 0.0399. The zero-order chi connectivity index (χ0) is 70.3. The first-order valence-electron chi connectivity index (χ1n) is 32.7. The normalized spacial score (nSPS) is 16.5. The van der Waals surface area contributed by atoms with Crippen LogP contribution < -0.4 is 16.0 Å². The van der Waals surface area contributed by atoms with Crippen molar-refractivity contribution in [2.24, 2.45) is 21.7 Å². The van der Waals surface area contributed by atoms with Gasteiger partial charge in [-0.2, -0.15) is 0 Å². The van der Waals surface area contributed by atoms with Gasteiger partial charge in [0, 0.05) is 63.4 Å². The first kappa shape index (κ1) is 76.2. The van der Waals surface area contributed by atoms with Gasteiger partial charge >= 0.3 is 6.09 Å². The van der Waals surface area contributed by atoms with Crippen molar-refractivity contribution in [3.8, 4) is 0 Å². The zero-order valence-corrected chi connectivity index (χ0v) is 60.8. The molecule has 5 amide bonds. The van der Waals surface area contributed by atoms with E-state index in [0.29, 0.717) is 43.1 Å². The van der Waals surface area contributed by atoms with Gasteiger partial charge in [0.1, 0.15) is 6.61 Å². The number of hydrogen-bond donors (Lipinski definition) is 3. The summed E-state index contributed by atoms with van der Waals surface area (Å²) >= 11 is 6.27. The van der Waals surface area contributed by atoms with Crippen LogP contribution in [-0.2, 0) is 38.8 Å². The molecule has 4 aliphatic rings. The number of thiophene rings is 2. The molecule has 3 N–H and O–H groups in total. The lowest BCUT2D eigenvalue weighted by Gasteiger charge is -2.52. The summed E-state index contributed by atoms with van der Waals surface area (Å²) in [6.45, 7) is 31.3. The Kier molecular flexibility index (Phi) is 25.1. The van der Waals surface area contributed by atoms with Crippen molar-refractivity contribution in [1.82, 2.24) is 39.1 Å². The number of carbonyl (C=O) groups excluding carboxylic acids is 6. The molecule has 6 heterocycles. The van der Waals surface area contributed by atoms with E-state index < -0.39 is 36.0 Å². The Hall–Kier alpha value is -7.51.